The molecule has 0 fully saturated rings. The molecule has 0 aliphatic heterocycles. The summed E-state index contributed by atoms with van der Waals surface area (Å²) in [5, 5.41) is 27.0. The number of carbonyl (C=O) groups is 2. The van der Waals surface area contributed by atoms with Gasteiger partial charge in [-0.05, 0) is 51.6 Å². The first-order chi connectivity index (χ1) is 15.5. The SMILES string of the molecule is CC(C#N)(CCC(=O)OCCC[Si](Cl)(Cl)Cl)N=NC(C)(C#N)CCC(=O)OCCC[Si](Cl)(Cl)Cl. The molecule has 0 saturated carbocycles. The Balaban J connectivity index is 4.63. The molecule has 0 aliphatic carbocycles. The third-order valence-corrected chi connectivity index (χ3v) is 9.58. The Morgan fingerprint density at radius 3 is 1.35 bits per heavy atom. The number of ether oxygens (including phenoxy) is 2. The lowest BCUT2D eigenvalue weighted by atomic mass is 9.97. The van der Waals surface area contributed by atoms with Crippen LogP contribution in [0.25, 0.3) is 0 Å². The van der Waals surface area contributed by atoms with Crippen LogP contribution in [0.3, 0.4) is 0 Å². The molecule has 0 aromatic rings. The van der Waals surface area contributed by atoms with Crippen LogP contribution >= 0.6 is 66.5 Å². The molecule has 16 heteroatoms. The van der Waals surface area contributed by atoms with Crippen molar-refractivity contribution in [2.24, 2.45) is 10.2 Å². The summed E-state index contributed by atoms with van der Waals surface area (Å²) in [6.45, 7) is 3.19. The standard InChI is InChI=1S/C18H26Cl6N4O4Si2/c1-17(13-25,7-5-15(29)31-9-3-11-33(19,20)21)27-28-18(2,14-26)8-6-16(30)32-10-4-12-34(22,23)24/h3-12H2,1-2H3. The topological polar surface area (TPSA) is 125 Å². The van der Waals surface area contributed by atoms with Crippen molar-refractivity contribution in [2.45, 2.75) is 75.5 Å². The van der Waals surface area contributed by atoms with Gasteiger partial charge in [0.1, 0.15) is 0 Å². The summed E-state index contributed by atoms with van der Waals surface area (Å²) in [6.07, 6.45) is 0.757. The summed E-state index contributed by atoms with van der Waals surface area (Å²) in [5.41, 5.74) is -2.72. The normalized spacial score (nSPS) is 15.6. The minimum atomic E-state index is -2.76. The van der Waals surface area contributed by atoms with Crippen LogP contribution in [0, 0.1) is 22.7 Å². The molecule has 0 amide bonds. The molecule has 2 unspecified atom stereocenters. The Morgan fingerprint density at radius 1 is 0.765 bits per heavy atom. The van der Waals surface area contributed by atoms with E-state index in [1.165, 1.54) is 13.8 Å². The lowest BCUT2D eigenvalue weighted by Crippen LogP contribution is -2.25. The molecule has 8 nitrogen and oxygen atoms in total. The second-order valence-electron chi connectivity index (χ2n) is 7.85. The molecular formula is C18H26Cl6N4O4Si2. The van der Waals surface area contributed by atoms with Gasteiger partial charge in [-0.3, -0.25) is 9.59 Å². The molecule has 34 heavy (non-hydrogen) atoms. The minimum Gasteiger partial charge on any atom is -0.466 e. The highest BCUT2D eigenvalue weighted by atomic mass is 35.8. The van der Waals surface area contributed by atoms with Crippen LogP contribution < -0.4 is 0 Å². The first-order valence-corrected chi connectivity index (χ1v) is 20.7. The zero-order valence-electron chi connectivity index (χ0n) is 18.8. The fourth-order valence-corrected chi connectivity index (χ4v) is 5.73. The molecular weight excluding hydrogens is 605 g/mol. The predicted molar refractivity (Wildman–Crippen MR) is 139 cm³/mol. The molecule has 2 atom stereocenters. The van der Waals surface area contributed by atoms with Crippen molar-refractivity contribution in [3.8, 4) is 12.1 Å². The number of esters is 2. The summed E-state index contributed by atoms with van der Waals surface area (Å²) >= 11 is 34.6. The highest BCUT2D eigenvalue weighted by Gasteiger charge is 2.30. The molecule has 0 heterocycles. The van der Waals surface area contributed by atoms with Gasteiger partial charge in [0.2, 0.25) is 0 Å². The number of halogens is 6. The Morgan fingerprint density at radius 2 is 1.09 bits per heavy atom. The van der Waals surface area contributed by atoms with E-state index in [1.807, 2.05) is 12.1 Å². The Kier molecular flexibility index (Phi) is 15.6. The van der Waals surface area contributed by atoms with Crippen molar-refractivity contribution < 1.29 is 19.1 Å². The highest BCUT2D eigenvalue weighted by Crippen LogP contribution is 2.27. The van der Waals surface area contributed by atoms with Crippen molar-refractivity contribution in [2.75, 3.05) is 13.2 Å². The van der Waals surface area contributed by atoms with Crippen molar-refractivity contribution in [3.63, 3.8) is 0 Å². The van der Waals surface area contributed by atoms with Gasteiger partial charge < -0.3 is 9.47 Å². The van der Waals surface area contributed by atoms with Gasteiger partial charge in [0.05, 0.1) is 25.4 Å². The van der Waals surface area contributed by atoms with Crippen molar-refractivity contribution >= 4 is 90.4 Å². The van der Waals surface area contributed by atoms with Crippen LogP contribution in [0.5, 0.6) is 0 Å². The first-order valence-electron chi connectivity index (χ1n) is 10.2. The van der Waals surface area contributed by atoms with Crippen molar-refractivity contribution in [1.29, 1.82) is 10.5 Å². The van der Waals surface area contributed by atoms with E-state index in [-0.39, 0.29) is 38.9 Å². The van der Waals surface area contributed by atoms with Crippen LogP contribution in [0.1, 0.15) is 52.4 Å². The van der Waals surface area contributed by atoms with E-state index >= 15 is 0 Å². The molecule has 0 spiro atoms. The molecule has 0 aromatic carbocycles. The third kappa shape index (κ3) is 18.0. The number of carbonyl (C=O) groups excluding carboxylic acids is 2. The van der Waals surface area contributed by atoms with Crippen LogP contribution in [0.2, 0.25) is 12.1 Å². The number of rotatable bonds is 16. The number of nitrogens with zero attached hydrogens (tertiary/aromatic N) is 4. The largest absolute Gasteiger partial charge is 0.466 e. The summed E-state index contributed by atoms with van der Waals surface area (Å²) < 4.78 is 10.1. The van der Waals surface area contributed by atoms with E-state index < -0.39 is 35.0 Å². The van der Waals surface area contributed by atoms with Gasteiger partial charge in [-0.2, -0.15) is 20.8 Å². The van der Waals surface area contributed by atoms with Gasteiger partial charge in [0, 0.05) is 12.8 Å². The van der Waals surface area contributed by atoms with Gasteiger partial charge in [-0.1, -0.05) is 0 Å². The van der Waals surface area contributed by atoms with E-state index in [0.29, 0.717) is 24.9 Å². The third-order valence-electron chi connectivity index (χ3n) is 4.34. The van der Waals surface area contributed by atoms with Crippen LogP contribution in [-0.4, -0.2) is 48.2 Å². The van der Waals surface area contributed by atoms with E-state index in [0.717, 1.165) is 0 Å². The summed E-state index contributed by atoms with van der Waals surface area (Å²) in [5.74, 6) is -1.04. The van der Waals surface area contributed by atoms with Gasteiger partial charge in [-0.25, -0.2) is 0 Å². The monoisotopic (exact) mass is 628 g/mol. The van der Waals surface area contributed by atoms with E-state index in [1.54, 1.807) is 0 Å². The van der Waals surface area contributed by atoms with Crippen LogP contribution in [0.4, 0.5) is 0 Å². The highest BCUT2D eigenvalue weighted by molar-refractivity contribution is 7.65. The maximum absolute atomic E-state index is 11.9. The average Bonchev–Trinajstić information content (AvgIpc) is 2.74. The Hall–Kier alpha value is -0.306. The Labute approximate surface area is 230 Å². The second kappa shape index (κ2) is 15.7. The van der Waals surface area contributed by atoms with Crippen LogP contribution in [-0.2, 0) is 19.1 Å². The van der Waals surface area contributed by atoms with Crippen LogP contribution in [0.15, 0.2) is 10.2 Å². The number of hydrogen-bond donors (Lipinski definition) is 0. The zero-order valence-corrected chi connectivity index (χ0v) is 25.3. The van der Waals surface area contributed by atoms with E-state index in [4.69, 9.17) is 75.9 Å². The van der Waals surface area contributed by atoms with Gasteiger partial charge in [-0.15, -0.1) is 66.5 Å². The minimum absolute atomic E-state index is 0.0289. The number of nitriles is 2. The number of hydrogen-bond acceptors (Lipinski definition) is 8. The number of azo groups is 1. The predicted octanol–water partition coefficient (Wildman–Crippen LogP) is 6.74. The smallest absolute Gasteiger partial charge is 0.341 e. The summed E-state index contributed by atoms with van der Waals surface area (Å²) in [7, 11) is 0. The lowest BCUT2D eigenvalue weighted by Gasteiger charge is -2.19. The molecule has 192 valence electrons. The molecule has 0 aromatic heterocycles. The van der Waals surface area contributed by atoms with Crippen molar-refractivity contribution in [3.05, 3.63) is 0 Å². The van der Waals surface area contributed by atoms with Gasteiger partial charge >= 0.3 is 23.9 Å². The van der Waals surface area contributed by atoms with Gasteiger partial charge in [0.25, 0.3) is 0 Å². The molecule has 0 radical (unpaired) electrons. The maximum atomic E-state index is 11.9. The molecule has 0 saturated heterocycles. The quantitative estimate of drug-likeness (QED) is 0.0611. The first kappa shape index (κ1) is 33.7. The van der Waals surface area contributed by atoms with E-state index in [2.05, 4.69) is 10.2 Å². The maximum Gasteiger partial charge on any atom is 0.341 e. The summed E-state index contributed by atoms with van der Waals surface area (Å²) in [6, 6.07) is -0.816. The van der Waals surface area contributed by atoms with Gasteiger partial charge in [0.15, 0.2) is 11.1 Å². The average molecular weight is 631 g/mol. The lowest BCUT2D eigenvalue weighted by molar-refractivity contribution is -0.144. The zero-order chi connectivity index (χ0) is 26.5. The fraction of sp³-hybridized carbons (Fsp3) is 0.778. The van der Waals surface area contributed by atoms with Crippen molar-refractivity contribution in [1.82, 2.24) is 0 Å². The molecule has 0 rings (SSSR count). The molecule has 0 aliphatic rings. The second-order valence-corrected chi connectivity index (χ2v) is 26.4. The Bertz CT molecular complexity index is 733. The summed E-state index contributed by atoms with van der Waals surface area (Å²) in [4.78, 5) is 23.8. The van der Waals surface area contributed by atoms with E-state index in [9.17, 15) is 20.1 Å². The molecule has 0 bridgehead atoms. The fourth-order valence-electron chi connectivity index (χ4n) is 2.23. The molecule has 0 N–H and O–H groups in total.